The van der Waals surface area contributed by atoms with Crippen LogP contribution in [0.4, 0.5) is 0 Å². The van der Waals surface area contributed by atoms with Gasteiger partial charge < -0.3 is 4.74 Å². The second kappa shape index (κ2) is 6.79. The van der Waals surface area contributed by atoms with E-state index in [4.69, 9.17) is 4.74 Å². The molecule has 0 aromatic heterocycles. The van der Waals surface area contributed by atoms with Crippen molar-refractivity contribution < 1.29 is 4.74 Å². The number of allylic oxidation sites excluding steroid dienone is 2. The average Bonchev–Trinajstić information content (AvgIpc) is 3.07. The molecule has 3 heteroatoms. The molecular formula is C13H24N2O. The predicted molar refractivity (Wildman–Crippen MR) is 66.6 cm³/mol. The summed E-state index contributed by atoms with van der Waals surface area (Å²) < 4.78 is 5.89. The van der Waals surface area contributed by atoms with E-state index in [0.29, 0.717) is 6.10 Å². The van der Waals surface area contributed by atoms with Crippen LogP contribution in [-0.2, 0) is 4.74 Å². The van der Waals surface area contributed by atoms with Crippen LogP contribution in [0.1, 0.15) is 53.4 Å². The summed E-state index contributed by atoms with van der Waals surface area (Å²) in [5, 5.41) is 8.54. The van der Waals surface area contributed by atoms with Crippen LogP contribution in [0.25, 0.3) is 0 Å². The molecule has 3 nitrogen and oxygen atoms in total. The highest BCUT2D eigenvalue weighted by Crippen LogP contribution is 2.27. The van der Waals surface area contributed by atoms with Crippen LogP contribution in [0.15, 0.2) is 22.0 Å². The maximum Gasteiger partial charge on any atom is 0.0945 e. The Morgan fingerprint density at radius 3 is 2.62 bits per heavy atom. The molecule has 0 aromatic rings. The minimum absolute atomic E-state index is 0.158. The molecule has 0 amide bonds. The molecule has 1 aliphatic carbocycles. The van der Waals surface area contributed by atoms with Crippen molar-refractivity contribution >= 4 is 0 Å². The minimum Gasteiger partial charge on any atom is -0.373 e. The number of hydrogen-bond donors (Lipinski definition) is 0. The quantitative estimate of drug-likeness (QED) is 0.599. The maximum atomic E-state index is 5.89. The maximum absolute atomic E-state index is 5.89. The Balaban J connectivity index is 2.40. The zero-order valence-corrected chi connectivity index (χ0v) is 10.9. The van der Waals surface area contributed by atoms with Gasteiger partial charge in [-0.2, -0.15) is 10.2 Å². The average molecular weight is 224 g/mol. The highest BCUT2D eigenvalue weighted by atomic mass is 16.5. The van der Waals surface area contributed by atoms with E-state index in [1.807, 2.05) is 6.92 Å². The fraction of sp³-hybridized carbons (Fsp3) is 0.846. The zero-order valence-electron chi connectivity index (χ0n) is 10.9. The highest BCUT2D eigenvalue weighted by Gasteiger charge is 2.28. The second-order valence-corrected chi connectivity index (χ2v) is 4.49. The number of nitrogens with zero attached hydrogens (tertiary/aromatic N) is 2. The summed E-state index contributed by atoms with van der Waals surface area (Å²) in [7, 11) is 0. The first-order valence-corrected chi connectivity index (χ1v) is 6.40. The fourth-order valence-electron chi connectivity index (χ4n) is 1.60. The molecule has 0 bridgehead atoms. The van der Waals surface area contributed by atoms with Gasteiger partial charge in [0.05, 0.1) is 23.9 Å². The largest absolute Gasteiger partial charge is 0.373 e. The van der Waals surface area contributed by atoms with Crippen molar-refractivity contribution in [3.63, 3.8) is 0 Å². The van der Waals surface area contributed by atoms with E-state index in [9.17, 15) is 0 Å². The van der Waals surface area contributed by atoms with Gasteiger partial charge in [0.1, 0.15) is 0 Å². The van der Waals surface area contributed by atoms with Crippen LogP contribution in [0.2, 0.25) is 0 Å². The van der Waals surface area contributed by atoms with Gasteiger partial charge in [-0.05, 0) is 39.5 Å². The zero-order chi connectivity index (χ0) is 12.0. The van der Waals surface area contributed by atoms with E-state index in [2.05, 4.69) is 37.1 Å². The van der Waals surface area contributed by atoms with Crippen molar-refractivity contribution in [2.24, 2.45) is 10.2 Å². The molecule has 0 aromatic carbocycles. The van der Waals surface area contributed by atoms with E-state index in [1.165, 1.54) is 12.8 Å². The van der Waals surface area contributed by atoms with Gasteiger partial charge in [0.25, 0.3) is 0 Å². The smallest absolute Gasteiger partial charge is 0.0945 e. The molecule has 1 aliphatic rings. The molecule has 0 N–H and O–H groups in total. The molecule has 2 unspecified atom stereocenters. The second-order valence-electron chi connectivity index (χ2n) is 4.49. The summed E-state index contributed by atoms with van der Waals surface area (Å²) >= 11 is 0. The van der Waals surface area contributed by atoms with Gasteiger partial charge in [-0.15, -0.1) is 0 Å². The van der Waals surface area contributed by atoms with E-state index in [-0.39, 0.29) is 12.1 Å². The normalized spacial score (nSPS) is 21.4. The Morgan fingerprint density at radius 1 is 1.44 bits per heavy atom. The van der Waals surface area contributed by atoms with Gasteiger partial charge in [-0.3, -0.25) is 0 Å². The van der Waals surface area contributed by atoms with E-state index in [1.54, 1.807) is 0 Å². The molecule has 2 atom stereocenters. The first kappa shape index (κ1) is 13.4. The Hall–Kier alpha value is -0.700. The van der Waals surface area contributed by atoms with Crippen LogP contribution < -0.4 is 0 Å². The molecule has 1 fully saturated rings. The van der Waals surface area contributed by atoms with Crippen molar-refractivity contribution in [2.45, 2.75) is 71.6 Å². The SMILES string of the molecule is CC/C=C(C)\N=N/C(C)C(CC)OC1CC1. The first-order chi connectivity index (χ1) is 7.67. The lowest BCUT2D eigenvalue weighted by molar-refractivity contribution is 0.0235. The summed E-state index contributed by atoms with van der Waals surface area (Å²) in [4.78, 5) is 0. The molecule has 0 radical (unpaired) electrons. The molecule has 0 heterocycles. The third-order valence-corrected chi connectivity index (χ3v) is 2.73. The summed E-state index contributed by atoms with van der Waals surface area (Å²) in [6.45, 7) is 8.32. The minimum atomic E-state index is 0.158. The third-order valence-electron chi connectivity index (χ3n) is 2.73. The van der Waals surface area contributed by atoms with E-state index >= 15 is 0 Å². The van der Waals surface area contributed by atoms with Crippen LogP contribution in [0.5, 0.6) is 0 Å². The van der Waals surface area contributed by atoms with E-state index < -0.39 is 0 Å². The fourth-order valence-corrected chi connectivity index (χ4v) is 1.60. The lowest BCUT2D eigenvalue weighted by atomic mass is 10.1. The Bertz CT molecular complexity index is 257. The molecule has 0 saturated heterocycles. The van der Waals surface area contributed by atoms with Crippen LogP contribution >= 0.6 is 0 Å². The molecule has 1 saturated carbocycles. The number of rotatable bonds is 7. The Labute approximate surface area is 99.0 Å². The first-order valence-electron chi connectivity index (χ1n) is 6.40. The van der Waals surface area contributed by atoms with Crippen molar-refractivity contribution in [1.82, 2.24) is 0 Å². The Morgan fingerprint density at radius 2 is 2.12 bits per heavy atom. The van der Waals surface area contributed by atoms with E-state index in [0.717, 1.165) is 18.5 Å². The Kier molecular flexibility index (Phi) is 5.67. The van der Waals surface area contributed by atoms with Gasteiger partial charge in [-0.25, -0.2) is 0 Å². The van der Waals surface area contributed by atoms with Crippen molar-refractivity contribution in [3.8, 4) is 0 Å². The van der Waals surface area contributed by atoms with Gasteiger partial charge in [0.15, 0.2) is 0 Å². The summed E-state index contributed by atoms with van der Waals surface area (Å²) in [6.07, 6.45) is 7.26. The van der Waals surface area contributed by atoms with Gasteiger partial charge >= 0.3 is 0 Å². The molecule has 0 spiro atoms. The standard InChI is InChI=1S/C13H24N2O/c1-5-7-10(3)14-15-11(4)13(6-2)16-12-8-9-12/h7,11-13H,5-6,8-9H2,1-4H3/b10-7-,15-14-. The molecule has 1 rings (SSSR count). The number of azo groups is 1. The van der Waals surface area contributed by atoms with Crippen LogP contribution in [-0.4, -0.2) is 18.2 Å². The summed E-state index contributed by atoms with van der Waals surface area (Å²) in [5.74, 6) is 0. The van der Waals surface area contributed by atoms with Crippen molar-refractivity contribution in [3.05, 3.63) is 11.8 Å². The van der Waals surface area contributed by atoms with Gasteiger partial charge in [-0.1, -0.05) is 19.9 Å². The monoisotopic (exact) mass is 224 g/mol. The number of hydrogen-bond acceptors (Lipinski definition) is 3. The highest BCUT2D eigenvalue weighted by molar-refractivity contribution is 4.93. The lowest BCUT2D eigenvalue weighted by Crippen LogP contribution is -2.25. The molecule has 16 heavy (non-hydrogen) atoms. The van der Waals surface area contributed by atoms with Crippen molar-refractivity contribution in [2.75, 3.05) is 0 Å². The molecule has 92 valence electrons. The summed E-state index contributed by atoms with van der Waals surface area (Å²) in [6, 6.07) is 0.158. The van der Waals surface area contributed by atoms with Crippen LogP contribution in [0.3, 0.4) is 0 Å². The number of ether oxygens (including phenoxy) is 1. The molecule has 0 aliphatic heterocycles. The predicted octanol–water partition coefficient (Wildman–Crippen LogP) is 4.10. The van der Waals surface area contributed by atoms with Gasteiger partial charge in [0, 0.05) is 0 Å². The summed E-state index contributed by atoms with van der Waals surface area (Å²) in [5.41, 5.74) is 0.996. The van der Waals surface area contributed by atoms with Gasteiger partial charge in [0.2, 0.25) is 0 Å². The topological polar surface area (TPSA) is 34.0 Å². The third kappa shape index (κ3) is 4.88. The van der Waals surface area contributed by atoms with Crippen LogP contribution in [0, 0.1) is 0 Å². The molecular weight excluding hydrogens is 200 g/mol. The van der Waals surface area contributed by atoms with Crippen molar-refractivity contribution in [1.29, 1.82) is 0 Å². The lowest BCUT2D eigenvalue weighted by Gasteiger charge is -2.18.